The second kappa shape index (κ2) is 4.47. The quantitative estimate of drug-likeness (QED) is 0.741. The Balaban J connectivity index is 2.97. The molecule has 0 fully saturated rings. The highest BCUT2D eigenvalue weighted by Crippen LogP contribution is 2.19. The molecule has 0 atom stereocenters. The summed E-state index contributed by atoms with van der Waals surface area (Å²) in [6, 6.07) is 3.22. The zero-order valence-corrected chi connectivity index (χ0v) is 8.20. The number of halogens is 1. The van der Waals surface area contributed by atoms with Crippen LogP contribution in [-0.2, 0) is 0 Å². The van der Waals surface area contributed by atoms with Crippen molar-refractivity contribution < 1.29 is 14.3 Å². The third-order valence-electron chi connectivity index (χ3n) is 1.87. The Morgan fingerprint density at radius 1 is 1.67 bits per heavy atom. The Morgan fingerprint density at radius 2 is 2.33 bits per heavy atom. The first kappa shape index (κ1) is 11.1. The van der Waals surface area contributed by atoms with Crippen LogP contribution >= 0.6 is 0 Å². The molecule has 0 radical (unpaired) electrons. The number of phenolic OH excluding ortho intramolecular Hbond substituents is 1. The maximum absolute atomic E-state index is 12.6. The summed E-state index contributed by atoms with van der Waals surface area (Å²) in [5, 5.41) is 9.34. The van der Waals surface area contributed by atoms with Gasteiger partial charge in [0.15, 0.2) is 0 Å². The van der Waals surface area contributed by atoms with Gasteiger partial charge in [-0.3, -0.25) is 4.79 Å². The van der Waals surface area contributed by atoms with Crippen molar-refractivity contribution in [2.24, 2.45) is 0 Å². The fourth-order valence-electron chi connectivity index (χ4n) is 1.10. The van der Waals surface area contributed by atoms with Gasteiger partial charge in [0, 0.05) is 13.1 Å². The van der Waals surface area contributed by atoms with Crippen LogP contribution in [0.2, 0.25) is 0 Å². The minimum atomic E-state index is -0.594. The van der Waals surface area contributed by atoms with Crippen molar-refractivity contribution in [1.29, 1.82) is 0 Å². The molecule has 0 aliphatic rings. The summed E-state index contributed by atoms with van der Waals surface area (Å²) in [6.45, 7) is 0.135. The molecule has 0 unspecified atom stereocenters. The molecule has 0 heterocycles. The summed E-state index contributed by atoms with van der Waals surface area (Å²) in [7, 11) is 1.50. The lowest BCUT2D eigenvalue weighted by atomic mass is 10.1. The number of aromatic hydroxyl groups is 1. The monoisotopic (exact) mass is 207 g/mol. The maximum atomic E-state index is 12.6. The van der Waals surface area contributed by atoms with Crippen molar-refractivity contribution >= 4 is 5.91 Å². The van der Waals surface area contributed by atoms with Gasteiger partial charge in [-0.15, -0.1) is 6.42 Å². The lowest BCUT2D eigenvalue weighted by Crippen LogP contribution is -2.27. The molecule has 1 rings (SSSR count). The van der Waals surface area contributed by atoms with Gasteiger partial charge < -0.3 is 10.0 Å². The van der Waals surface area contributed by atoms with E-state index in [0.29, 0.717) is 0 Å². The Kier molecular flexibility index (Phi) is 3.29. The summed E-state index contributed by atoms with van der Waals surface area (Å²) < 4.78 is 12.6. The molecule has 3 nitrogen and oxygen atoms in total. The zero-order chi connectivity index (χ0) is 11.4. The molecule has 1 aromatic carbocycles. The highest BCUT2D eigenvalue weighted by atomic mass is 19.1. The summed E-state index contributed by atoms with van der Waals surface area (Å²) in [5.41, 5.74) is 0.0363. The van der Waals surface area contributed by atoms with E-state index in [1.54, 1.807) is 0 Å². The van der Waals surface area contributed by atoms with Crippen LogP contribution in [0, 0.1) is 18.2 Å². The van der Waals surface area contributed by atoms with Crippen LogP contribution in [0.15, 0.2) is 18.2 Å². The van der Waals surface area contributed by atoms with Gasteiger partial charge in [-0.2, -0.15) is 0 Å². The van der Waals surface area contributed by atoms with Gasteiger partial charge in [0.05, 0.1) is 12.1 Å². The van der Waals surface area contributed by atoms with Gasteiger partial charge in [0.1, 0.15) is 11.6 Å². The van der Waals surface area contributed by atoms with Gasteiger partial charge >= 0.3 is 0 Å². The Bertz CT molecular complexity index is 423. The maximum Gasteiger partial charge on any atom is 0.258 e. The first-order chi connectivity index (χ1) is 7.06. The number of carbonyl (C=O) groups excluding carboxylic acids is 1. The first-order valence-corrected chi connectivity index (χ1v) is 4.23. The van der Waals surface area contributed by atoms with E-state index >= 15 is 0 Å². The van der Waals surface area contributed by atoms with E-state index in [9.17, 15) is 14.3 Å². The standard InChI is InChI=1S/C11H10FNO2/c1-3-6-13(2)11(15)9-5-4-8(12)7-10(9)14/h1,4-5,7,14H,6H2,2H3. The zero-order valence-electron chi connectivity index (χ0n) is 8.20. The molecule has 0 saturated heterocycles. The van der Waals surface area contributed by atoms with E-state index in [1.807, 2.05) is 0 Å². The summed E-state index contributed by atoms with van der Waals surface area (Å²) in [5.74, 6) is 0.880. The summed E-state index contributed by atoms with van der Waals surface area (Å²) >= 11 is 0. The van der Waals surface area contributed by atoms with E-state index in [0.717, 1.165) is 12.1 Å². The molecule has 0 aliphatic heterocycles. The Hall–Kier alpha value is -2.02. The second-order valence-electron chi connectivity index (χ2n) is 3.03. The number of hydrogen-bond donors (Lipinski definition) is 1. The van der Waals surface area contributed by atoms with Crippen LogP contribution in [0.1, 0.15) is 10.4 Å². The topological polar surface area (TPSA) is 40.5 Å². The van der Waals surface area contributed by atoms with E-state index < -0.39 is 11.7 Å². The van der Waals surface area contributed by atoms with Gasteiger partial charge in [-0.25, -0.2) is 4.39 Å². The Morgan fingerprint density at radius 3 is 2.87 bits per heavy atom. The van der Waals surface area contributed by atoms with Gasteiger partial charge in [0.25, 0.3) is 5.91 Å². The van der Waals surface area contributed by atoms with Crippen molar-refractivity contribution in [3.63, 3.8) is 0 Å². The van der Waals surface area contributed by atoms with Gasteiger partial charge in [0.2, 0.25) is 0 Å². The average molecular weight is 207 g/mol. The SMILES string of the molecule is C#CCN(C)C(=O)c1ccc(F)cc1O. The predicted molar refractivity (Wildman–Crippen MR) is 53.9 cm³/mol. The molecular formula is C11H10FNO2. The molecule has 0 aliphatic carbocycles. The van der Waals surface area contributed by atoms with E-state index in [4.69, 9.17) is 6.42 Å². The number of phenols is 1. The number of hydrogen-bond acceptors (Lipinski definition) is 2. The molecule has 4 heteroatoms. The van der Waals surface area contributed by atoms with Crippen molar-refractivity contribution in [3.05, 3.63) is 29.6 Å². The van der Waals surface area contributed by atoms with Crippen molar-refractivity contribution in [3.8, 4) is 18.1 Å². The fourth-order valence-corrected chi connectivity index (χ4v) is 1.10. The Labute approximate surface area is 87.1 Å². The van der Waals surface area contributed by atoms with Gasteiger partial charge in [-0.1, -0.05) is 5.92 Å². The minimum absolute atomic E-state index is 0.0363. The fraction of sp³-hybridized carbons (Fsp3) is 0.182. The highest BCUT2D eigenvalue weighted by molar-refractivity contribution is 5.96. The number of rotatable bonds is 2. The molecule has 78 valence electrons. The number of terminal acetylenes is 1. The molecule has 0 spiro atoms. The molecule has 1 aromatic rings. The third kappa shape index (κ3) is 2.47. The summed E-state index contributed by atoms with van der Waals surface area (Å²) in [6.07, 6.45) is 5.04. The number of nitrogens with zero attached hydrogens (tertiary/aromatic N) is 1. The van der Waals surface area contributed by atoms with E-state index in [2.05, 4.69) is 5.92 Å². The highest BCUT2D eigenvalue weighted by Gasteiger charge is 2.15. The van der Waals surface area contributed by atoms with Gasteiger partial charge in [-0.05, 0) is 12.1 Å². The molecule has 15 heavy (non-hydrogen) atoms. The van der Waals surface area contributed by atoms with Crippen molar-refractivity contribution in [1.82, 2.24) is 4.90 Å². The molecule has 1 amide bonds. The number of carbonyl (C=O) groups is 1. The predicted octanol–water partition coefficient (Wildman–Crippen LogP) is 1.24. The van der Waals surface area contributed by atoms with Crippen molar-refractivity contribution in [2.45, 2.75) is 0 Å². The van der Waals surface area contributed by atoms with Crippen LogP contribution in [-0.4, -0.2) is 29.5 Å². The average Bonchev–Trinajstić information content (AvgIpc) is 2.17. The lowest BCUT2D eigenvalue weighted by Gasteiger charge is -2.14. The lowest BCUT2D eigenvalue weighted by molar-refractivity contribution is 0.0809. The molecule has 0 aromatic heterocycles. The largest absolute Gasteiger partial charge is 0.507 e. The normalized spacial score (nSPS) is 9.40. The van der Waals surface area contributed by atoms with Crippen LogP contribution in [0.3, 0.4) is 0 Å². The van der Waals surface area contributed by atoms with Crippen LogP contribution < -0.4 is 0 Å². The first-order valence-electron chi connectivity index (χ1n) is 4.23. The van der Waals surface area contributed by atoms with Crippen LogP contribution in [0.4, 0.5) is 4.39 Å². The summed E-state index contributed by atoms with van der Waals surface area (Å²) in [4.78, 5) is 12.9. The van der Waals surface area contributed by atoms with Crippen LogP contribution in [0.25, 0.3) is 0 Å². The van der Waals surface area contributed by atoms with E-state index in [-0.39, 0.29) is 17.9 Å². The second-order valence-corrected chi connectivity index (χ2v) is 3.03. The molecular weight excluding hydrogens is 197 g/mol. The number of amides is 1. The smallest absolute Gasteiger partial charge is 0.258 e. The van der Waals surface area contributed by atoms with Crippen LogP contribution in [0.5, 0.6) is 5.75 Å². The molecule has 0 bridgehead atoms. The molecule has 0 saturated carbocycles. The molecule has 1 N–H and O–H groups in total. The van der Waals surface area contributed by atoms with E-state index in [1.165, 1.54) is 18.0 Å². The minimum Gasteiger partial charge on any atom is -0.507 e. The number of benzene rings is 1. The third-order valence-corrected chi connectivity index (χ3v) is 1.87. The van der Waals surface area contributed by atoms with Crippen molar-refractivity contribution in [2.75, 3.05) is 13.6 Å².